The minimum absolute atomic E-state index is 0.604. The first kappa shape index (κ1) is 6.01. The highest BCUT2D eigenvalue weighted by atomic mass is 15.1. The molecule has 1 atom stereocenters. The van der Waals surface area contributed by atoms with Gasteiger partial charge in [-0.25, -0.2) is 0 Å². The third-order valence-corrected chi connectivity index (χ3v) is 1.47. The Hall–Kier alpha value is -0.120. The SMILES string of the molecule is NCNC1CCNC1. The van der Waals surface area contributed by atoms with E-state index in [4.69, 9.17) is 5.73 Å². The zero-order valence-corrected chi connectivity index (χ0v) is 4.98. The third-order valence-electron chi connectivity index (χ3n) is 1.47. The molecular formula is C5H13N3. The molecule has 1 unspecified atom stereocenters. The standard InChI is InChI=1S/C5H13N3/c6-4-8-5-1-2-7-3-5/h5,7-8H,1-4,6H2. The predicted molar refractivity (Wildman–Crippen MR) is 33.5 cm³/mol. The molecule has 0 aromatic heterocycles. The maximum atomic E-state index is 5.27. The average Bonchev–Trinajstić information content (AvgIpc) is 2.19. The second kappa shape index (κ2) is 3.02. The van der Waals surface area contributed by atoms with E-state index < -0.39 is 0 Å². The lowest BCUT2D eigenvalue weighted by Crippen LogP contribution is -2.35. The van der Waals surface area contributed by atoms with Gasteiger partial charge in [-0.05, 0) is 13.0 Å². The van der Waals surface area contributed by atoms with Gasteiger partial charge in [-0.15, -0.1) is 0 Å². The van der Waals surface area contributed by atoms with Crippen molar-refractivity contribution in [3.8, 4) is 0 Å². The van der Waals surface area contributed by atoms with Crippen molar-refractivity contribution in [1.82, 2.24) is 10.6 Å². The van der Waals surface area contributed by atoms with Crippen LogP contribution in [0.15, 0.2) is 0 Å². The summed E-state index contributed by atoms with van der Waals surface area (Å²) in [5, 5.41) is 6.40. The highest BCUT2D eigenvalue weighted by Crippen LogP contribution is 1.94. The topological polar surface area (TPSA) is 50.1 Å². The molecule has 0 spiro atoms. The minimum Gasteiger partial charge on any atom is -0.318 e. The second-order valence-electron chi connectivity index (χ2n) is 2.10. The summed E-state index contributed by atoms with van der Waals surface area (Å²) < 4.78 is 0. The Labute approximate surface area is 49.6 Å². The van der Waals surface area contributed by atoms with Crippen LogP contribution in [0.4, 0.5) is 0 Å². The Morgan fingerprint density at radius 1 is 1.75 bits per heavy atom. The Bertz CT molecular complexity index is 58.7. The molecule has 0 amide bonds. The molecule has 1 aliphatic heterocycles. The highest BCUT2D eigenvalue weighted by molar-refractivity contribution is 4.75. The van der Waals surface area contributed by atoms with Gasteiger partial charge in [-0.3, -0.25) is 0 Å². The first-order valence-electron chi connectivity index (χ1n) is 3.07. The molecular weight excluding hydrogens is 102 g/mol. The molecule has 48 valence electrons. The van der Waals surface area contributed by atoms with Crippen LogP contribution in [0, 0.1) is 0 Å². The van der Waals surface area contributed by atoms with Crippen molar-refractivity contribution in [2.75, 3.05) is 19.8 Å². The minimum atomic E-state index is 0.604. The molecule has 0 aromatic carbocycles. The quantitative estimate of drug-likeness (QED) is 0.398. The molecule has 3 heteroatoms. The van der Waals surface area contributed by atoms with Crippen molar-refractivity contribution < 1.29 is 0 Å². The second-order valence-corrected chi connectivity index (χ2v) is 2.10. The molecule has 1 aliphatic rings. The van der Waals surface area contributed by atoms with Gasteiger partial charge in [0.25, 0.3) is 0 Å². The lowest BCUT2D eigenvalue weighted by Gasteiger charge is -2.06. The summed E-state index contributed by atoms with van der Waals surface area (Å²) >= 11 is 0. The Morgan fingerprint density at radius 2 is 2.62 bits per heavy atom. The third kappa shape index (κ3) is 1.43. The van der Waals surface area contributed by atoms with E-state index in [0.717, 1.165) is 13.1 Å². The molecule has 4 N–H and O–H groups in total. The van der Waals surface area contributed by atoms with E-state index in [1.54, 1.807) is 0 Å². The van der Waals surface area contributed by atoms with Gasteiger partial charge in [0, 0.05) is 19.3 Å². The number of rotatable bonds is 2. The summed E-state index contributed by atoms with van der Waals surface area (Å²) in [5.74, 6) is 0. The van der Waals surface area contributed by atoms with E-state index in [1.807, 2.05) is 0 Å². The predicted octanol–water partition coefficient (Wildman–Crippen LogP) is -1.15. The van der Waals surface area contributed by atoms with E-state index in [9.17, 15) is 0 Å². The van der Waals surface area contributed by atoms with Gasteiger partial charge in [0.05, 0.1) is 0 Å². The van der Waals surface area contributed by atoms with E-state index in [1.165, 1.54) is 6.42 Å². The smallest absolute Gasteiger partial charge is 0.0431 e. The van der Waals surface area contributed by atoms with Gasteiger partial charge >= 0.3 is 0 Å². The van der Waals surface area contributed by atoms with Crippen LogP contribution >= 0.6 is 0 Å². The normalized spacial score (nSPS) is 28.9. The molecule has 0 aromatic rings. The van der Waals surface area contributed by atoms with Gasteiger partial charge < -0.3 is 16.4 Å². The largest absolute Gasteiger partial charge is 0.318 e. The Morgan fingerprint density at radius 3 is 3.12 bits per heavy atom. The Kier molecular flexibility index (Phi) is 2.27. The molecule has 3 nitrogen and oxygen atoms in total. The fourth-order valence-electron chi connectivity index (χ4n) is 0.996. The van der Waals surface area contributed by atoms with Crippen LogP contribution in [0.3, 0.4) is 0 Å². The van der Waals surface area contributed by atoms with Gasteiger partial charge in [0.1, 0.15) is 0 Å². The van der Waals surface area contributed by atoms with Crippen LogP contribution in [0.25, 0.3) is 0 Å². The van der Waals surface area contributed by atoms with Crippen molar-refractivity contribution >= 4 is 0 Å². The summed E-state index contributed by atoms with van der Waals surface area (Å²) in [6.07, 6.45) is 1.22. The fourth-order valence-corrected chi connectivity index (χ4v) is 0.996. The van der Waals surface area contributed by atoms with Crippen molar-refractivity contribution in [3.05, 3.63) is 0 Å². The van der Waals surface area contributed by atoms with Crippen LogP contribution in [-0.4, -0.2) is 25.8 Å². The summed E-state index contributed by atoms with van der Waals surface area (Å²) in [6, 6.07) is 0.625. The summed E-state index contributed by atoms with van der Waals surface area (Å²) in [5.41, 5.74) is 5.27. The molecule has 0 radical (unpaired) electrons. The van der Waals surface area contributed by atoms with Gasteiger partial charge in [0.15, 0.2) is 0 Å². The molecule has 1 heterocycles. The number of hydrogen-bond donors (Lipinski definition) is 3. The maximum Gasteiger partial charge on any atom is 0.0431 e. The Balaban J connectivity index is 2.06. The van der Waals surface area contributed by atoms with Crippen molar-refractivity contribution in [1.29, 1.82) is 0 Å². The molecule has 0 saturated carbocycles. The zero-order valence-electron chi connectivity index (χ0n) is 4.98. The van der Waals surface area contributed by atoms with Crippen molar-refractivity contribution in [3.63, 3.8) is 0 Å². The van der Waals surface area contributed by atoms with Gasteiger partial charge in [-0.1, -0.05) is 0 Å². The van der Waals surface area contributed by atoms with E-state index in [2.05, 4.69) is 10.6 Å². The highest BCUT2D eigenvalue weighted by Gasteiger charge is 2.11. The van der Waals surface area contributed by atoms with Gasteiger partial charge in [0.2, 0.25) is 0 Å². The number of nitrogens with one attached hydrogen (secondary N) is 2. The van der Waals surface area contributed by atoms with E-state index in [-0.39, 0.29) is 0 Å². The van der Waals surface area contributed by atoms with Crippen molar-refractivity contribution in [2.45, 2.75) is 12.5 Å². The lowest BCUT2D eigenvalue weighted by atomic mass is 10.3. The van der Waals surface area contributed by atoms with Crippen LogP contribution in [0.5, 0.6) is 0 Å². The molecule has 0 bridgehead atoms. The summed E-state index contributed by atoms with van der Waals surface area (Å²) in [6.45, 7) is 2.82. The van der Waals surface area contributed by atoms with Crippen LogP contribution < -0.4 is 16.4 Å². The van der Waals surface area contributed by atoms with Crippen LogP contribution in [0.2, 0.25) is 0 Å². The molecule has 1 rings (SSSR count). The summed E-state index contributed by atoms with van der Waals surface area (Å²) in [4.78, 5) is 0. The summed E-state index contributed by atoms with van der Waals surface area (Å²) in [7, 11) is 0. The molecule has 1 saturated heterocycles. The average molecular weight is 115 g/mol. The first-order chi connectivity index (χ1) is 3.93. The lowest BCUT2D eigenvalue weighted by molar-refractivity contribution is 0.559. The zero-order chi connectivity index (χ0) is 5.82. The molecule has 8 heavy (non-hydrogen) atoms. The fraction of sp³-hybridized carbons (Fsp3) is 1.00. The van der Waals surface area contributed by atoms with Gasteiger partial charge in [-0.2, -0.15) is 0 Å². The van der Waals surface area contributed by atoms with E-state index >= 15 is 0 Å². The monoisotopic (exact) mass is 115 g/mol. The molecule has 1 fully saturated rings. The maximum absolute atomic E-state index is 5.27. The molecule has 0 aliphatic carbocycles. The van der Waals surface area contributed by atoms with Crippen molar-refractivity contribution in [2.24, 2.45) is 5.73 Å². The van der Waals surface area contributed by atoms with Crippen LogP contribution in [-0.2, 0) is 0 Å². The number of nitrogens with two attached hydrogens (primary N) is 1. The van der Waals surface area contributed by atoms with E-state index in [0.29, 0.717) is 12.7 Å². The first-order valence-corrected chi connectivity index (χ1v) is 3.07. The van der Waals surface area contributed by atoms with Crippen LogP contribution in [0.1, 0.15) is 6.42 Å². The number of hydrogen-bond acceptors (Lipinski definition) is 3.